The Morgan fingerprint density at radius 1 is 0.412 bits per heavy atom. The van der Waals surface area contributed by atoms with Gasteiger partial charge >= 0.3 is 5.97 Å². The monoisotopic (exact) mass is 1630 g/mol. The van der Waals surface area contributed by atoms with Crippen LogP contribution < -0.4 is 115 Å². The number of aliphatic imine (C=N–C) groups is 2. The standard InChI is InChI=1S/C71H115N23O19S/c1-37(2)28-48(91-59(102)39(5)73)66(109)89-45(16-10-11-25-72)63(106)88-46(18-13-27-80-71(77)78)64(107)90-47(23-24-53(74)97)60(103)83-34-56(100)85-44(17-12-26-79-70(75)76)65(108)94-58(40(6)95)68(111)93-49(29-38(3)4)67(110)92-51(31-42-19-21-43(96)22-20-42)62(105)84-35-57(101)86-50(30-41-14-8-7-9-15-41)61(104)82-32-54(98)81-33-55(99)87-52(36-114)69(112)113/h7-9,14-15,19-22,37-40,44-52,58,95-96,114H,10-13,16-18,23-36,72-73H2,1-6H3,(H2,74,97)(H,81,98)(H,82,104)(H,83,103)(H,84,105)(H,85,100)(H,86,101)(H,87,99)(H,88,106)(H,89,109)(H,90,107)(H,91,102)(H,92,110)(H,93,111)(H,94,108)(H,112,113)(H4,75,76,79)(H4,77,78,80)/t39-,40+,44-,45-,46-,47-,48-,49-,50-,51-,52-,58-/m0/s1. The number of nitrogens with two attached hydrogens (primary N) is 7. The van der Waals surface area contributed by atoms with Crippen molar-refractivity contribution in [3.63, 3.8) is 0 Å². The Morgan fingerprint density at radius 2 is 0.781 bits per heavy atom. The minimum atomic E-state index is -1.88. The molecule has 2 aromatic carbocycles. The third-order valence-electron chi connectivity index (χ3n) is 16.7. The van der Waals surface area contributed by atoms with Gasteiger partial charge in [-0.2, -0.15) is 12.6 Å². The normalized spacial score (nSPS) is 14.1. The van der Waals surface area contributed by atoms with E-state index in [-0.39, 0.29) is 113 Å². The lowest BCUT2D eigenvalue weighted by Gasteiger charge is -2.28. The van der Waals surface area contributed by atoms with Gasteiger partial charge in [-0.25, -0.2) is 4.79 Å². The number of aliphatic hydroxyl groups excluding tert-OH is 1. The fourth-order valence-electron chi connectivity index (χ4n) is 10.8. The SMILES string of the molecule is CC(C)C[C@H](NC(=O)[C@H](C)N)C(=O)N[C@@H](CCCCN)C(=O)N[C@@H](CCCN=C(N)N)C(=O)N[C@@H](CCC(N)=O)C(=O)NCC(=O)N[C@@H](CCCN=C(N)N)C(=O)N[C@H](C(=O)N[C@@H](CC(C)C)C(=O)N[C@@H](Cc1ccc(O)cc1)C(=O)NCC(=O)N[C@@H](Cc1ccccc1)C(=O)NCC(=O)NCC(=O)N[C@@H](CS)C(=O)O)[C@@H](C)O. The highest BCUT2D eigenvalue weighted by molar-refractivity contribution is 7.80. The summed E-state index contributed by atoms with van der Waals surface area (Å²) >= 11 is 3.87. The number of amides is 15. The zero-order valence-electron chi connectivity index (χ0n) is 64.9. The number of aromatic hydroxyl groups is 1. The molecule has 0 spiro atoms. The first-order valence-electron chi connectivity index (χ1n) is 37.0. The lowest BCUT2D eigenvalue weighted by Crippen LogP contribution is -2.61. The van der Waals surface area contributed by atoms with E-state index in [1.54, 1.807) is 44.2 Å². The number of primary amides is 1. The summed E-state index contributed by atoms with van der Waals surface area (Å²) in [6.45, 7) is 6.59. The van der Waals surface area contributed by atoms with E-state index in [0.717, 1.165) is 6.92 Å². The number of aliphatic carboxylic acids is 1. The molecular formula is C71H115N23O19S. The second kappa shape index (κ2) is 52.7. The van der Waals surface area contributed by atoms with Gasteiger partial charge in [0.05, 0.1) is 38.3 Å². The van der Waals surface area contributed by atoms with Crippen molar-refractivity contribution in [2.75, 3.05) is 51.6 Å². The van der Waals surface area contributed by atoms with Crippen LogP contribution in [0.15, 0.2) is 64.6 Å². The molecule has 2 aromatic rings. The van der Waals surface area contributed by atoms with Crippen LogP contribution in [0.3, 0.4) is 0 Å². The summed E-state index contributed by atoms with van der Waals surface area (Å²) in [6.07, 6.45) is -2.68. The van der Waals surface area contributed by atoms with Crippen molar-refractivity contribution in [2.45, 2.75) is 198 Å². The second-order valence-electron chi connectivity index (χ2n) is 27.7. The number of aliphatic hydroxyl groups is 1. The number of hydrogen-bond acceptors (Lipinski definition) is 23. The molecule has 0 radical (unpaired) electrons. The first-order valence-corrected chi connectivity index (χ1v) is 37.7. The summed E-state index contributed by atoms with van der Waals surface area (Å²) in [7, 11) is 0. The van der Waals surface area contributed by atoms with Crippen LogP contribution in [0.25, 0.3) is 0 Å². The molecule has 43 heteroatoms. The van der Waals surface area contributed by atoms with Crippen LogP contribution in [0.4, 0.5) is 0 Å². The summed E-state index contributed by atoms with van der Waals surface area (Å²) in [5.74, 6) is -16.7. The molecule has 634 valence electrons. The quantitative estimate of drug-likeness (QED) is 0.0127. The average Bonchev–Trinajstić information content (AvgIpc) is 0.848. The number of carbonyl (C=O) groups excluding carboxylic acids is 15. The molecule has 0 saturated carbocycles. The number of phenolic OH excluding ortho intramolecular Hbond substituents is 1. The summed E-state index contributed by atoms with van der Waals surface area (Å²) < 4.78 is 0. The Bertz CT molecular complexity index is 3600. The zero-order chi connectivity index (χ0) is 85.7. The summed E-state index contributed by atoms with van der Waals surface area (Å²) in [5.41, 5.74) is 40.0. The smallest absolute Gasteiger partial charge is 0.327 e. The maximum Gasteiger partial charge on any atom is 0.327 e. The number of rotatable bonds is 54. The molecule has 0 aliphatic carbocycles. The second-order valence-corrected chi connectivity index (χ2v) is 28.1. The average molecular weight is 1630 g/mol. The minimum absolute atomic E-state index is 0.0116. The highest BCUT2D eigenvalue weighted by Gasteiger charge is 2.37. The molecule has 0 fully saturated rings. The Morgan fingerprint density at radius 3 is 1.21 bits per heavy atom. The molecule has 0 saturated heterocycles. The number of thiol groups is 1. The van der Waals surface area contributed by atoms with Crippen LogP contribution in [0, 0.1) is 11.8 Å². The van der Waals surface area contributed by atoms with Gasteiger partial charge in [-0.1, -0.05) is 70.2 Å². The fourth-order valence-corrected chi connectivity index (χ4v) is 11.0. The molecule has 0 aliphatic heterocycles. The number of phenols is 1. The predicted molar refractivity (Wildman–Crippen MR) is 420 cm³/mol. The Hall–Kier alpha value is -11.5. The van der Waals surface area contributed by atoms with Crippen LogP contribution in [-0.2, 0) is 89.6 Å². The molecule has 0 heterocycles. The van der Waals surface area contributed by atoms with Crippen molar-refractivity contribution >= 4 is 119 Å². The van der Waals surface area contributed by atoms with Crippen molar-refractivity contribution < 1.29 is 92.0 Å². The number of benzene rings is 2. The number of nitrogens with zero attached hydrogens (tertiary/aromatic N) is 2. The summed E-state index contributed by atoms with van der Waals surface area (Å²) in [4.78, 5) is 224. The molecular weight excluding hydrogens is 1510 g/mol. The van der Waals surface area contributed by atoms with E-state index >= 15 is 0 Å². The Labute approximate surface area is 665 Å². The van der Waals surface area contributed by atoms with E-state index in [0.29, 0.717) is 24.0 Å². The molecule has 42 nitrogen and oxygen atoms in total. The maximum atomic E-state index is 14.5. The topological polar surface area (TPSA) is 709 Å². The molecule has 0 bridgehead atoms. The van der Waals surface area contributed by atoms with Crippen LogP contribution in [0.2, 0.25) is 0 Å². The lowest BCUT2D eigenvalue weighted by atomic mass is 10.00. The summed E-state index contributed by atoms with van der Waals surface area (Å²) in [5, 5.41) is 64.7. The van der Waals surface area contributed by atoms with E-state index < -0.39 is 206 Å². The third kappa shape index (κ3) is 40.6. The van der Waals surface area contributed by atoms with Crippen molar-refractivity contribution in [3.05, 3.63) is 65.7 Å². The van der Waals surface area contributed by atoms with Crippen LogP contribution in [0.1, 0.15) is 123 Å². The van der Waals surface area contributed by atoms with Gasteiger partial charge in [-0.15, -0.1) is 0 Å². The van der Waals surface area contributed by atoms with Crippen LogP contribution >= 0.6 is 12.6 Å². The molecule has 15 amide bonds. The van der Waals surface area contributed by atoms with E-state index in [9.17, 15) is 92.0 Å². The molecule has 2 rings (SSSR count). The molecule has 12 atom stereocenters. The number of carboxylic acid groups (broad SMARTS) is 1. The van der Waals surface area contributed by atoms with Gasteiger partial charge in [-0.3, -0.25) is 81.9 Å². The van der Waals surface area contributed by atoms with Crippen molar-refractivity contribution in [2.24, 2.45) is 62.0 Å². The van der Waals surface area contributed by atoms with E-state index in [1.807, 2.05) is 13.8 Å². The maximum absolute atomic E-state index is 14.5. The Balaban J connectivity index is 2.44. The zero-order valence-corrected chi connectivity index (χ0v) is 65.8. The molecule has 0 aromatic heterocycles. The largest absolute Gasteiger partial charge is 0.508 e. The predicted octanol–water partition coefficient (Wildman–Crippen LogP) is -8.17. The molecule has 114 heavy (non-hydrogen) atoms. The van der Waals surface area contributed by atoms with Gasteiger partial charge < -0.3 is 130 Å². The highest BCUT2D eigenvalue weighted by atomic mass is 32.1. The van der Waals surface area contributed by atoms with Gasteiger partial charge in [0.25, 0.3) is 0 Å². The molecule has 31 N–H and O–H groups in total. The number of guanidine groups is 2. The van der Waals surface area contributed by atoms with Crippen LogP contribution in [-0.4, -0.2) is 246 Å². The number of nitrogens with one attached hydrogen (secondary N) is 14. The van der Waals surface area contributed by atoms with Crippen LogP contribution in [0.5, 0.6) is 5.75 Å². The number of hydrogen-bond donors (Lipinski definition) is 25. The van der Waals surface area contributed by atoms with Gasteiger partial charge in [0.15, 0.2) is 11.9 Å². The lowest BCUT2D eigenvalue weighted by molar-refractivity contribution is -0.141. The number of unbranched alkanes of at least 4 members (excludes halogenated alkanes) is 1. The van der Waals surface area contributed by atoms with Crippen molar-refractivity contribution in [3.8, 4) is 5.75 Å². The number of carbonyl (C=O) groups is 16. The van der Waals surface area contributed by atoms with E-state index in [1.165, 1.54) is 31.2 Å². The van der Waals surface area contributed by atoms with E-state index in [4.69, 9.17) is 40.1 Å². The highest BCUT2D eigenvalue weighted by Crippen LogP contribution is 2.15. The van der Waals surface area contributed by atoms with Gasteiger partial charge in [0.2, 0.25) is 88.6 Å². The Kier molecular flexibility index (Phi) is 45.6. The van der Waals surface area contributed by atoms with Gasteiger partial charge in [-0.05, 0) is 120 Å². The van der Waals surface area contributed by atoms with Gasteiger partial charge in [0, 0.05) is 38.1 Å². The number of carboxylic acids is 1. The van der Waals surface area contributed by atoms with Gasteiger partial charge in [0.1, 0.15) is 66.2 Å². The molecule has 0 unspecified atom stereocenters. The first-order chi connectivity index (χ1) is 53.7. The summed E-state index contributed by atoms with van der Waals surface area (Å²) in [6, 6.07) is -1.94. The van der Waals surface area contributed by atoms with Crippen molar-refractivity contribution in [1.29, 1.82) is 0 Å². The fraction of sp³-hybridized carbons (Fsp3) is 0.577. The molecule has 0 aliphatic rings. The van der Waals surface area contributed by atoms with Crippen molar-refractivity contribution in [1.82, 2.24) is 74.4 Å². The first kappa shape index (κ1) is 98.6. The van der Waals surface area contributed by atoms with E-state index in [2.05, 4.69) is 97.0 Å². The third-order valence-corrected chi connectivity index (χ3v) is 17.1. The minimum Gasteiger partial charge on any atom is -0.508 e.